The Morgan fingerprint density at radius 3 is 3.00 bits per heavy atom. The van der Waals surface area contributed by atoms with Crippen LogP contribution in [0.1, 0.15) is 12.5 Å². The van der Waals surface area contributed by atoms with Crippen molar-refractivity contribution in [3.05, 3.63) is 36.4 Å². The molecule has 0 aliphatic heterocycles. The normalized spacial score (nSPS) is 10.2. The molecule has 0 saturated carbocycles. The molecule has 0 radical (unpaired) electrons. The van der Waals surface area contributed by atoms with Crippen molar-refractivity contribution in [2.45, 2.75) is 13.5 Å². The summed E-state index contributed by atoms with van der Waals surface area (Å²) in [5, 5.41) is 0. The van der Waals surface area contributed by atoms with Gasteiger partial charge in [0.25, 0.3) is 0 Å². The number of carbonyl (C=O) groups excluding carboxylic acids is 1. The van der Waals surface area contributed by atoms with Gasteiger partial charge in [0.2, 0.25) is 0 Å². The maximum absolute atomic E-state index is 10.8. The second-order valence-corrected chi connectivity index (χ2v) is 3.56. The van der Waals surface area contributed by atoms with E-state index in [9.17, 15) is 4.79 Å². The molecule has 17 heavy (non-hydrogen) atoms. The van der Waals surface area contributed by atoms with Crippen molar-refractivity contribution in [1.82, 2.24) is 4.98 Å². The van der Waals surface area contributed by atoms with Crippen molar-refractivity contribution < 1.29 is 13.9 Å². The molecule has 0 amide bonds. The molecule has 0 bridgehead atoms. The van der Waals surface area contributed by atoms with Crippen molar-refractivity contribution in [3.63, 3.8) is 0 Å². The molecule has 2 aromatic rings. The van der Waals surface area contributed by atoms with Gasteiger partial charge in [0.1, 0.15) is 6.61 Å². The molecule has 2 rings (SSSR count). The largest absolute Gasteiger partial charge is 0.461 e. The van der Waals surface area contributed by atoms with E-state index in [1.807, 2.05) is 6.07 Å². The molecule has 1 heterocycles. The van der Waals surface area contributed by atoms with Gasteiger partial charge < -0.3 is 14.9 Å². The van der Waals surface area contributed by atoms with Gasteiger partial charge in [-0.1, -0.05) is 0 Å². The molecule has 0 saturated heterocycles. The molecular formula is C12H12N2O3. The van der Waals surface area contributed by atoms with Crippen LogP contribution in [0.15, 0.2) is 35.2 Å². The second-order valence-electron chi connectivity index (χ2n) is 3.56. The van der Waals surface area contributed by atoms with E-state index in [4.69, 9.17) is 14.9 Å². The summed E-state index contributed by atoms with van der Waals surface area (Å²) in [5.41, 5.74) is 7.91. The number of aromatic nitrogens is 1. The van der Waals surface area contributed by atoms with E-state index < -0.39 is 0 Å². The average molecular weight is 232 g/mol. The van der Waals surface area contributed by atoms with Crippen molar-refractivity contribution in [2.24, 2.45) is 0 Å². The third-order valence-corrected chi connectivity index (χ3v) is 2.26. The maximum atomic E-state index is 10.8. The van der Waals surface area contributed by atoms with Crippen molar-refractivity contribution >= 4 is 11.7 Å². The minimum atomic E-state index is -0.337. The molecule has 5 heteroatoms. The number of carbonyl (C=O) groups is 1. The fraction of sp³-hybridized carbons (Fsp3) is 0.167. The number of nitrogens with zero attached hydrogens (tertiary/aromatic N) is 1. The van der Waals surface area contributed by atoms with Gasteiger partial charge in [-0.2, -0.15) is 0 Å². The van der Waals surface area contributed by atoms with Gasteiger partial charge >= 0.3 is 5.97 Å². The van der Waals surface area contributed by atoms with Crippen LogP contribution in [0.25, 0.3) is 11.3 Å². The first kappa shape index (κ1) is 11.2. The van der Waals surface area contributed by atoms with Crippen molar-refractivity contribution in [2.75, 3.05) is 5.73 Å². The van der Waals surface area contributed by atoms with Gasteiger partial charge in [-0.05, 0) is 18.2 Å². The SMILES string of the molecule is CC(=O)OCc1cc(N)ccc1-c1cnco1. The first-order valence-corrected chi connectivity index (χ1v) is 5.07. The lowest BCUT2D eigenvalue weighted by molar-refractivity contribution is -0.142. The molecular weight excluding hydrogens is 220 g/mol. The number of benzene rings is 1. The lowest BCUT2D eigenvalue weighted by Crippen LogP contribution is -2.01. The summed E-state index contributed by atoms with van der Waals surface area (Å²) in [6, 6.07) is 5.32. The highest BCUT2D eigenvalue weighted by Gasteiger charge is 2.09. The summed E-state index contributed by atoms with van der Waals surface area (Å²) in [4.78, 5) is 14.7. The van der Waals surface area contributed by atoms with E-state index in [1.54, 1.807) is 18.3 Å². The predicted octanol–water partition coefficient (Wildman–Crippen LogP) is 1.99. The molecule has 0 atom stereocenters. The van der Waals surface area contributed by atoms with Crippen LogP contribution in [-0.2, 0) is 16.1 Å². The van der Waals surface area contributed by atoms with Crippen LogP contribution < -0.4 is 5.73 Å². The van der Waals surface area contributed by atoms with Gasteiger partial charge in [-0.25, -0.2) is 4.98 Å². The van der Waals surface area contributed by atoms with Gasteiger partial charge in [0.15, 0.2) is 12.2 Å². The Bertz CT molecular complexity index is 521. The third-order valence-electron chi connectivity index (χ3n) is 2.26. The van der Waals surface area contributed by atoms with Crippen LogP contribution in [0.5, 0.6) is 0 Å². The lowest BCUT2D eigenvalue weighted by atomic mass is 10.1. The number of ether oxygens (including phenoxy) is 1. The summed E-state index contributed by atoms with van der Waals surface area (Å²) in [6.45, 7) is 1.52. The van der Waals surface area contributed by atoms with E-state index in [0.717, 1.165) is 11.1 Å². The Morgan fingerprint density at radius 2 is 2.35 bits per heavy atom. The quantitative estimate of drug-likeness (QED) is 0.646. The van der Waals surface area contributed by atoms with Gasteiger partial charge in [0, 0.05) is 23.7 Å². The molecule has 1 aromatic heterocycles. The van der Waals surface area contributed by atoms with Gasteiger partial charge in [-0.3, -0.25) is 4.79 Å². The summed E-state index contributed by atoms with van der Waals surface area (Å²) in [5.74, 6) is 0.281. The van der Waals surface area contributed by atoms with Crippen LogP contribution in [-0.4, -0.2) is 11.0 Å². The monoisotopic (exact) mass is 232 g/mol. The van der Waals surface area contributed by atoms with E-state index in [0.29, 0.717) is 11.4 Å². The highest BCUT2D eigenvalue weighted by molar-refractivity contribution is 5.68. The van der Waals surface area contributed by atoms with Gasteiger partial charge in [0.05, 0.1) is 6.20 Å². The fourth-order valence-corrected chi connectivity index (χ4v) is 1.50. The van der Waals surface area contributed by atoms with Crippen LogP contribution >= 0.6 is 0 Å². The zero-order valence-electron chi connectivity index (χ0n) is 9.34. The summed E-state index contributed by atoms with van der Waals surface area (Å²) in [7, 11) is 0. The van der Waals surface area contributed by atoms with Crippen LogP contribution in [0.3, 0.4) is 0 Å². The zero-order chi connectivity index (χ0) is 12.3. The highest BCUT2D eigenvalue weighted by Crippen LogP contribution is 2.25. The minimum Gasteiger partial charge on any atom is -0.461 e. The minimum absolute atomic E-state index is 0.163. The average Bonchev–Trinajstić information content (AvgIpc) is 2.80. The summed E-state index contributed by atoms with van der Waals surface area (Å²) < 4.78 is 10.2. The number of nitrogens with two attached hydrogens (primary N) is 1. The number of esters is 1. The Hall–Kier alpha value is -2.30. The van der Waals surface area contributed by atoms with Crippen LogP contribution in [0.4, 0.5) is 5.69 Å². The first-order valence-electron chi connectivity index (χ1n) is 5.07. The van der Waals surface area contributed by atoms with E-state index in [2.05, 4.69) is 4.98 Å². The highest BCUT2D eigenvalue weighted by atomic mass is 16.5. The predicted molar refractivity (Wildman–Crippen MR) is 61.8 cm³/mol. The zero-order valence-corrected chi connectivity index (χ0v) is 9.34. The topological polar surface area (TPSA) is 78.4 Å². The van der Waals surface area contributed by atoms with Crippen molar-refractivity contribution in [1.29, 1.82) is 0 Å². The number of oxazole rings is 1. The Balaban J connectivity index is 2.34. The number of hydrogen-bond acceptors (Lipinski definition) is 5. The molecule has 0 spiro atoms. The van der Waals surface area contributed by atoms with Crippen molar-refractivity contribution in [3.8, 4) is 11.3 Å². The molecule has 0 aliphatic carbocycles. The number of hydrogen-bond donors (Lipinski definition) is 1. The third kappa shape index (κ3) is 2.63. The second kappa shape index (κ2) is 4.69. The molecule has 1 aromatic carbocycles. The Kier molecular flexibility index (Phi) is 3.09. The lowest BCUT2D eigenvalue weighted by Gasteiger charge is -2.08. The van der Waals surface area contributed by atoms with Gasteiger partial charge in [-0.15, -0.1) is 0 Å². The molecule has 88 valence electrons. The van der Waals surface area contributed by atoms with Crippen LogP contribution in [0.2, 0.25) is 0 Å². The molecule has 0 fully saturated rings. The van der Waals surface area contributed by atoms with E-state index in [1.165, 1.54) is 13.3 Å². The summed E-state index contributed by atoms with van der Waals surface area (Å²) in [6.07, 6.45) is 2.95. The summed E-state index contributed by atoms with van der Waals surface area (Å²) >= 11 is 0. The standard InChI is InChI=1S/C12H12N2O3/c1-8(15)16-6-9-4-10(13)2-3-11(9)12-5-14-7-17-12/h2-5,7H,6,13H2,1H3. The fourth-order valence-electron chi connectivity index (χ4n) is 1.50. The number of nitrogen functional groups attached to an aromatic ring is 1. The molecule has 5 nitrogen and oxygen atoms in total. The molecule has 0 unspecified atom stereocenters. The molecule has 0 aliphatic rings. The van der Waals surface area contributed by atoms with E-state index in [-0.39, 0.29) is 12.6 Å². The Morgan fingerprint density at radius 1 is 1.53 bits per heavy atom. The number of rotatable bonds is 3. The van der Waals surface area contributed by atoms with Crippen LogP contribution in [0, 0.1) is 0 Å². The Labute approximate surface area is 98.2 Å². The molecule has 2 N–H and O–H groups in total. The van der Waals surface area contributed by atoms with E-state index >= 15 is 0 Å². The number of anilines is 1. The smallest absolute Gasteiger partial charge is 0.302 e. The maximum Gasteiger partial charge on any atom is 0.302 e. The first-order chi connectivity index (χ1) is 8.16.